The van der Waals surface area contributed by atoms with Crippen LogP contribution in [0.1, 0.15) is 19.4 Å². The number of rotatable bonds is 3. The van der Waals surface area contributed by atoms with Crippen LogP contribution in [0.4, 0.5) is 5.69 Å². The minimum atomic E-state index is -0.240. The van der Waals surface area contributed by atoms with Crippen LogP contribution in [0, 0.1) is 6.92 Å². The predicted octanol–water partition coefficient (Wildman–Crippen LogP) is 3.58. The molecule has 0 heterocycles. The van der Waals surface area contributed by atoms with E-state index in [2.05, 4.69) is 10.3 Å². The molecule has 1 aromatic carbocycles. The van der Waals surface area contributed by atoms with Gasteiger partial charge in [0.1, 0.15) is 5.70 Å². The Labute approximate surface area is 106 Å². The van der Waals surface area contributed by atoms with E-state index in [1.807, 2.05) is 13.0 Å². The summed E-state index contributed by atoms with van der Waals surface area (Å²) in [5, 5.41) is 3.37. The largest absolute Gasteiger partial charge is 0.320 e. The SMILES string of the molecule is C/C=N\C(=C/C)C(=O)Nc1cc(Cl)ccc1C. The monoisotopic (exact) mass is 250 g/mol. The summed E-state index contributed by atoms with van der Waals surface area (Å²) in [5.41, 5.74) is 2.04. The van der Waals surface area contributed by atoms with E-state index in [9.17, 15) is 4.79 Å². The average molecular weight is 251 g/mol. The van der Waals surface area contributed by atoms with Gasteiger partial charge in [0.15, 0.2) is 0 Å². The standard InChI is InChI=1S/C13H15ClN2O/c1-4-11(15-5-2)13(17)16-12-8-10(14)7-6-9(12)3/h4-8H,1-3H3,(H,16,17)/b11-4-,15-5-. The second-order valence-electron chi connectivity index (χ2n) is 3.47. The van der Waals surface area contributed by atoms with Crippen molar-refractivity contribution >= 4 is 29.4 Å². The van der Waals surface area contributed by atoms with Crippen LogP contribution in [0.2, 0.25) is 5.02 Å². The van der Waals surface area contributed by atoms with Crippen molar-refractivity contribution in [1.82, 2.24) is 0 Å². The molecule has 1 rings (SSSR count). The second-order valence-corrected chi connectivity index (χ2v) is 3.91. The fourth-order valence-corrected chi connectivity index (χ4v) is 1.49. The van der Waals surface area contributed by atoms with Crippen LogP contribution in [0.25, 0.3) is 0 Å². The lowest BCUT2D eigenvalue weighted by Crippen LogP contribution is -2.14. The first-order valence-corrected chi connectivity index (χ1v) is 5.68. The van der Waals surface area contributed by atoms with E-state index in [4.69, 9.17) is 11.6 Å². The van der Waals surface area contributed by atoms with Gasteiger partial charge in [-0.2, -0.15) is 0 Å². The van der Waals surface area contributed by atoms with Crippen molar-refractivity contribution in [1.29, 1.82) is 0 Å². The van der Waals surface area contributed by atoms with E-state index in [0.717, 1.165) is 5.56 Å². The molecule has 0 fully saturated rings. The Kier molecular flexibility index (Phi) is 4.91. The molecule has 3 nitrogen and oxygen atoms in total. The number of allylic oxidation sites excluding steroid dienone is 1. The summed E-state index contributed by atoms with van der Waals surface area (Å²) in [5.74, 6) is -0.240. The van der Waals surface area contributed by atoms with Crippen LogP contribution in [0.15, 0.2) is 35.0 Å². The highest BCUT2D eigenvalue weighted by Crippen LogP contribution is 2.20. The van der Waals surface area contributed by atoms with Crippen molar-refractivity contribution in [3.63, 3.8) is 0 Å². The smallest absolute Gasteiger partial charge is 0.273 e. The Bertz CT molecular complexity index is 478. The van der Waals surface area contributed by atoms with Crippen LogP contribution in [0.5, 0.6) is 0 Å². The first kappa shape index (κ1) is 13.5. The van der Waals surface area contributed by atoms with E-state index in [1.165, 1.54) is 0 Å². The maximum atomic E-state index is 11.9. The third-order valence-corrected chi connectivity index (χ3v) is 2.46. The molecule has 4 heteroatoms. The highest BCUT2D eigenvalue weighted by atomic mass is 35.5. The molecule has 1 aromatic rings. The van der Waals surface area contributed by atoms with Crippen molar-refractivity contribution in [3.05, 3.63) is 40.6 Å². The van der Waals surface area contributed by atoms with E-state index >= 15 is 0 Å². The first-order valence-electron chi connectivity index (χ1n) is 5.31. The highest BCUT2D eigenvalue weighted by molar-refractivity contribution is 6.31. The third-order valence-electron chi connectivity index (χ3n) is 2.22. The average Bonchev–Trinajstić information content (AvgIpc) is 2.30. The molecule has 0 spiro atoms. The molecule has 0 radical (unpaired) electrons. The zero-order valence-electron chi connectivity index (χ0n) is 10.1. The van der Waals surface area contributed by atoms with Crippen LogP contribution in [-0.4, -0.2) is 12.1 Å². The topological polar surface area (TPSA) is 41.5 Å². The number of anilines is 1. The quantitative estimate of drug-likeness (QED) is 0.647. The van der Waals surface area contributed by atoms with Gasteiger partial charge in [0.2, 0.25) is 0 Å². The van der Waals surface area contributed by atoms with Crippen LogP contribution in [-0.2, 0) is 4.79 Å². The van der Waals surface area contributed by atoms with Gasteiger partial charge in [0, 0.05) is 16.9 Å². The Hall–Kier alpha value is -1.61. The summed E-state index contributed by atoms with van der Waals surface area (Å²) in [6, 6.07) is 5.36. The fourth-order valence-electron chi connectivity index (χ4n) is 1.32. The highest BCUT2D eigenvalue weighted by Gasteiger charge is 2.08. The normalized spacial score (nSPS) is 11.9. The number of nitrogens with zero attached hydrogens (tertiary/aromatic N) is 1. The Morgan fingerprint density at radius 1 is 1.41 bits per heavy atom. The number of hydrogen-bond donors (Lipinski definition) is 1. The van der Waals surface area contributed by atoms with Gasteiger partial charge in [-0.25, -0.2) is 0 Å². The van der Waals surface area contributed by atoms with Gasteiger partial charge in [-0.05, 0) is 38.5 Å². The number of carbonyl (C=O) groups is 1. The van der Waals surface area contributed by atoms with Crippen molar-refractivity contribution < 1.29 is 4.79 Å². The molecule has 0 aromatic heterocycles. The second kappa shape index (κ2) is 6.21. The zero-order valence-corrected chi connectivity index (χ0v) is 10.9. The summed E-state index contributed by atoms with van der Waals surface area (Å²) in [4.78, 5) is 15.8. The number of carbonyl (C=O) groups excluding carboxylic acids is 1. The lowest BCUT2D eigenvalue weighted by molar-refractivity contribution is -0.112. The molecule has 90 valence electrons. The van der Waals surface area contributed by atoms with E-state index in [0.29, 0.717) is 16.4 Å². The summed E-state index contributed by atoms with van der Waals surface area (Å²) >= 11 is 5.88. The third kappa shape index (κ3) is 3.71. The van der Waals surface area contributed by atoms with Gasteiger partial charge < -0.3 is 5.32 Å². The van der Waals surface area contributed by atoms with Gasteiger partial charge in [-0.1, -0.05) is 23.7 Å². The molecule has 0 unspecified atom stereocenters. The molecule has 0 aliphatic rings. The number of aryl methyl sites for hydroxylation is 1. The lowest BCUT2D eigenvalue weighted by atomic mass is 10.2. The Morgan fingerprint density at radius 2 is 2.12 bits per heavy atom. The van der Waals surface area contributed by atoms with Gasteiger partial charge in [0.25, 0.3) is 5.91 Å². The van der Waals surface area contributed by atoms with Crippen LogP contribution in [0.3, 0.4) is 0 Å². The van der Waals surface area contributed by atoms with Crippen molar-refractivity contribution in [2.75, 3.05) is 5.32 Å². The minimum Gasteiger partial charge on any atom is -0.320 e. The lowest BCUT2D eigenvalue weighted by Gasteiger charge is -2.08. The van der Waals surface area contributed by atoms with E-state index < -0.39 is 0 Å². The molecule has 0 atom stereocenters. The summed E-state index contributed by atoms with van der Waals surface area (Å²) in [7, 11) is 0. The summed E-state index contributed by atoms with van der Waals surface area (Å²) < 4.78 is 0. The molecule has 0 aliphatic heterocycles. The Morgan fingerprint density at radius 3 is 2.71 bits per heavy atom. The molecule has 17 heavy (non-hydrogen) atoms. The summed E-state index contributed by atoms with van der Waals surface area (Å²) in [6.07, 6.45) is 3.24. The van der Waals surface area contributed by atoms with Crippen LogP contribution >= 0.6 is 11.6 Å². The van der Waals surface area contributed by atoms with E-state index in [1.54, 1.807) is 38.3 Å². The maximum Gasteiger partial charge on any atom is 0.273 e. The minimum absolute atomic E-state index is 0.240. The molecular weight excluding hydrogens is 236 g/mol. The van der Waals surface area contributed by atoms with Gasteiger partial charge >= 0.3 is 0 Å². The van der Waals surface area contributed by atoms with E-state index in [-0.39, 0.29) is 5.91 Å². The predicted molar refractivity (Wildman–Crippen MR) is 72.7 cm³/mol. The van der Waals surface area contributed by atoms with Crippen molar-refractivity contribution in [3.8, 4) is 0 Å². The summed E-state index contributed by atoms with van der Waals surface area (Å²) in [6.45, 7) is 5.44. The van der Waals surface area contributed by atoms with Crippen molar-refractivity contribution in [2.24, 2.45) is 4.99 Å². The number of nitrogens with one attached hydrogen (secondary N) is 1. The molecule has 0 aliphatic carbocycles. The molecule has 1 N–H and O–H groups in total. The number of halogens is 1. The fraction of sp³-hybridized carbons (Fsp3) is 0.231. The number of hydrogen-bond acceptors (Lipinski definition) is 2. The molecule has 0 saturated heterocycles. The molecule has 0 bridgehead atoms. The molecule has 1 amide bonds. The number of benzene rings is 1. The first-order chi connectivity index (χ1) is 8.08. The maximum absolute atomic E-state index is 11.9. The van der Waals surface area contributed by atoms with Gasteiger partial charge in [-0.3, -0.25) is 9.79 Å². The van der Waals surface area contributed by atoms with Gasteiger partial charge in [0.05, 0.1) is 0 Å². The zero-order chi connectivity index (χ0) is 12.8. The number of aliphatic imine (C=N–C) groups is 1. The van der Waals surface area contributed by atoms with Gasteiger partial charge in [-0.15, -0.1) is 0 Å². The molecular formula is C13H15ClN2O. The molecule has 0 saturated carbocycles. The Balaban J connectivity index is 2.91. The van der Waals surface area contributed by atoms with Crippen molar-refractivity contribution in [2.45, 2.75) is 20.8 Å². The number of amides is 1. The van der Waals surface area contributed by atoms with Crippen LogP contribution < -0.4 is 5.32 Å².